The summed E-state index contributed by atoms with van der Waals surface area (Å²) in [5, 5.41) is 11.6. The van der Waals surface area contributed by atoms with Crippen molar-refractivity contribution in [2.45, 2.75) is 49.1 Å². The van der Waals surface area contributed by atoms with Crippen molar-refractivity contribution < 1.29 is 56.0 Å². The zero-order chi connectivity index (χ0) is 31.8. The third kappa shape index (κ3) is 5.65. The van der Waals surface area contributed by atoms with Crippen LogP contribution in [-0.4, -0.2) is 93.9 Å². The van der Waals surface area contributed by atoms with E-state index in [1.54, 1.807) is 0 Å². The van der Waals surface area contributed by atoms with Gasteiger partial charge in [0.2, 0.25) is 0 Å². The van der Waals surface area contributed by atoms with Gasteiger partial charge in [-0.2, -0.15) is 0 Å². The third-order valence-electron chi connectivity index (χ3n) is 7.44. The molecule has 23 heteroatoms. The van der Waals surface area contributed by atoms with Gasteiger partial charge >= 0.3 is 15.6 Å². The molecule has 45 heavy (non-hydrogen) atoms. The van der Waals surface area contributed by atoms with Gasteiger partial charge in [0.05, 0.1) is 46.9 Å². The molecule has 7 rings (SSSR count). The van der Waals surface area contributed by atoms with E-state index in [1.807, 2.05) is 0 Å². The first-order chi connectivity index (χ1) is 21.3. The van der Waals surface area contributed by atoms with E-state index < -0.39 is 78.0 Å². The van der Waals surface area contributed by atoms with Gasteiger partial charge in [-0.3, -0.25) is 22.7 Å². The second kappa shape index (κ2) is 11.4. The molecule has 5 N–H and O–H groups in total. The number of imidazole rings is 2. The molecule has 4 aromatic rings. The Morgan fingerprint density at radius 2 is 1.51 bits per heavy atom. The summed E-state index contributed by atoms with van der Waals surface area (Å²) in [4.78, 5) is 37.3. The second-order valence-electron chi connectivity index (χ2n) is 10.2. The van der Waals surface area contributed by atoms with Crippen molar-refractivity contribution in [3.05, 3.63) is 41.2 Å². The molecule has 0 saturated carbocycles. The fraction of sp³-hybridized carbons (Fsp3) is 0.455. The fourth-order valence-electron chi connectivity index (χ4n) is 5.38. The van der Waals surface area contributed by atoms with Crippen molar-refractivity contribution in [3.63, 3.8) is 0 Å². The number of hydrogen-bond acceptors (Lipinski definition) is 14. The highest BCUT2D eigenvalue weighted by Gasteiger charge is 2.54. The zero-order valence-electron chi connectivity index (χ0n) is 22.3. The molecule has 1 aromatic carbocycles. The molecule has 0 bridgehead atoms. The summed E-state index contributed by atoms with van der Waals surface area (Å²) >= 11 is 12.2. The number of aromatic nitrogens is 6. The number of nitrogens with two attached hydrogens (primary N) is 1. The Labute approximate surface area is 260 Å². The van der Waals surface area contributed by atoms with Gasteiger partial charge in [0.15, 0.2) is 30.1 Å². The smallest absolute Gasteiger partial charge is 0.386 e. The Morgan fingerprint density at radius 1 is 0.889 bits per heavy atom. The molecule has 10 atom stereocenters. The van der Waals surface area contributed by atoms with Gasteiger partial charge in [-0.25, -0.2) is 33.5 Å². The Balaban J connectivity index is 1.16. The summed E-state index contributed by atoms with van der Waals surface area (Å²) in [5.74, 6) is 0.0106. The van der Waals surface area contributed by atoms with Crippen LogP contribution in [0, 0.1) is 0 Å². The van der Waals surface area contributed by atoms with Crippen molar-refractivity contribution in [1.82, 2.24) is 29.1 Å². The van der Waals surface area contributed by atoms with Crippen LogP contribution in [0.25, 0.3) is 22.2 Å². The molecule has 3 aliphatic heterocycles. The minimum Gasteiger partial charge on any atom is -0.386 e. The van der Waals surface area contributed by atoms with Crippen LogP contribution in [0.4, 0.5) is 10.2 Å². The van der Waals surface area contributed by atoms with Crippen molar-refractivity contribution in [3.8, 4) is 0 Å². The van der Waals surface area contributed by atoms with Crippen LogP contribution in [0.5, 0.6) is 0 Å². The number of nitrogens with zero attached hydrogens (tertiary/aromatic N) is 6. The predicted molar refractivity (Wildman–Crippen MR) is 150 cm³/mol. The molecule has 18 nitrogen and oxygen atoms in total. The van der Waals surface area contributed by atoms with E-state index in [9.17, 15) is 24.0 Å². The number of alkyl halides is 1. The number of phosphoric ester groups is 2. The van der Waals surface area contributed by atoms with E-state index in [0.29, 0.717) is 11.0 Å². The van der Waals surface area contributed by atoms with Crippen molar-refractivity contribution in [2.75, 3.05) is 18.9 Å². The van der Waals surface area contributed by atoms with Crippen LogP contribution >= 0.6 is 38.8 Å². The molecular weight excluding hydrogens is 690 g/mol. The highest BCUT2D eigenvalue weighted by atomic mass is 35.5. The minimum atomic E-state index is -5.08. The number of ether oxygens (including phenoxy) is 2. The van der Waals surface area contributed by atoms with E-state index in [-0.39, 0.29) is 27.0 Å². The monoisotopic (exact) mass is 711 g/mol. The number of halogens is 3. The topological polar surface area (TPSA) is 238 Å². The maximum atomic E-state index is 15.9. The molecule has 4 unspecified atom stereocenters. The number of benzene rings is 1. The van der Waals surface area contributed by atoms with Crippen molar-refractivity contribution in [1.29, 1.82) is 0 Å². The Kier molecular flexibility index (Phi) is 7.93. The number of fused-ring (bicyclic) bond motifs is 4. The zero-order valence-corrected chi connectivity index (χ0v) is 25.6. The number of nitrogen functional groups attached to an aromatic ring is 1. The SMILES string of the molecule is Nc1ncnc2c1ncn2[C@@H]1O[C@@H]2COP(=O)(O)O[C@@H]3C(O)[C@H](n4cnc5cc(Cl)c(Cl)cc54)O[C@@H]3COP(=O)(O)OC2[C@@H]1F. The van der Waals surface area contributed by atoms with Gasteiger partial charge in [-0.15, -0.1) is 0 Å². The summed E-state index contributed by atoms with van der Waals surface area (Å²) in [6.07, 6.45) is -9.60. The molecule has 3 fully saturated rings. The first kappa shape index (κ1) is 31.3. The van der Waals surface area contributed by atoms with Crippen LogP contribution < -0.4 is 5.73 Å². The van der Waals surface area contributed by atoms with E-state index in [4.69, 9.17) is 56.5 Å². The summed E-state index contributed by atoms with van der Waals surface area (Å²) in [6, 6.07) is 2.95. The lowest BCUT2D eigenvalue weighted by Gasteiger charge is -2.27. The average molecular weight is 712 g/mol. The summed E-state index contributed by atoms with van der Waals surface area (Å²) in [6.45, 7) is -1.67. The van der Waals surface area contributed by atoms with Gasteiger partial charge in [-0.05, 0) is 12.1 Å². The lowest BCUT2D eigenvalue weighted by molar-refractivity contribution is -0.0662. The third-order valence-corrected chi connectivity index (χ3v) is 10.1. The molecule has 0 amide bonds. The standard InChI is InChI=1S/C22H22Cl2FN7O11P2/c23-8-1-10-11(2-9(8)24)31(6-29-10)22-16(33)18-13(41-22)4-39-44(34,35)42-17-12(3-38-45(36,37)43-18)40-21(14(17)25)32-7-30-15-19(26)27-5-28-20(15)32/h1-2,5-7,12-14,16-18,21-22,33H,3-4H2,(H,34,35)(H,36,37)(H2,26,27,28)/t12-,13-,14+,16?,17?,18+,21-,22-/m1/s1. The van der Waals surface area contributed by atoms with Crippen LogP contribution in [0.1, 0.15) is 12.5 Å². The first-order valence-electron chi connectivity index (χ1n) is 13.0. The molecule has 6 heterocycles. The molecule has 0 aliphatic carbocycles. The second-order valence-corrected chi connectivity index (χ2v) is 13.9. The maximum absolute atomic E-state index is 15.9. The number of rotatable bonds is 2. The Morgan fingerprint density at radius 3 is 2.24 bits per heavy atom. The summed E-state index contributed by atoms with van der Waals surface area (Å²) in [7, 11) is -10.1. The Hall–Kier alpha value is -2.35. The van der Waals surface area contributed by atoms with Crippen molar-refractivity contribution in [2.24, 2.45) is 0 Å². The lowest BCUT2D eigenvalue weighted by Crippen LogP contribution is -2.38. The number of phosphoric acid groups is 2. The van der Waals surface area contributed by atoms with Gasteiger partial charge in [-0.1, -0.05) is 23.2 Å². The van der Waals surface area contributed by atoms with Crippen LogP contribution in [0.15, 0.2) is 31.1 Å². The molecule has 0 spiro atoms. The normalized spacial score (nSPS) is 37.7. The van der Waals surface area contributed by atoms with Crippen LogP contribution in [-0.2, 0) is 36.7 Å². The molecule has 0 radical (unpaired) electrons. The Bertz CT molecular complexity index is 1890. The molecule has 3 aliphatic rings. The molecule has 3 aromatic heterocycles. The molecule has 242 valence electrons. The summed E-state index contributed by atoms with van der Waals surface area (Å²) in [5.41, 5.74) is 6.78. The van der Waals surface area contributed by atoms with Gasteiger partial charge in [0.1, 0.15) is 42.4 Å². The summed E-state index contributed by atoms with van der Waals surface area (Å²) < 4.78 is 76.8. The number of aliphatic hydroxyl groups excluding tert-OH is 1. The average Bonchev–Trinajstić information content (AvgIpc) is 3.73. The highest BCUT2D eigenvalue weighted by Crippen LogP contribution is 2.54. The largest absolute Gasteiger partial charge is 0.472 e. The van der Waals surface area contributed by atoms with E-state index in [0.717, 1.165) is 10.9 Å². The van der Waals surface area contributed by atoms with Gasteiger partial charge in [0, 0.05) is 0 Å². The van der Waals surface area contributed by atoms with E-state index in [1.165, 1.54) is 29.4 Å². The molecule has 3 saturated heterocycles. The van der Waals surface area contributed by atoms with E-state index >= 15 is 4.39 Å². The number of hydrogen-bond donors (Lipinski definition) is 4. The number of anilines is 1. The van der Waals surface area contributed by atoms with E-state index in [2.05, 4.69) is 19.9 Å². The molecular formula is C22H22Cl2FN7O11P2. The fourth-order valence-corrected chi connectivity index (χ4v) is 7.61. The predicted octanol–water partition coefficient (Wildman–Crippen LogP) is 2.28. The van der Waals surface area contributed by atoms with Gasteiger partial charge < -0.3 is 34.7 Å². The maximum Gasteiger partial charge on any atom is 0.472 e. The van der Waals surface area contributed by atoms with Crippen LogP contribution in [0.2, 0.25) is 10.0 Å². The minimum absolute atomic E-state index is 0.0106. The highest BCUT2D eigenvalue weighted by molar-refractivity contribution is 7.47. The lowest BCUT2D eigenvalue weighted by atomic mass is 10.1. The first-order valence-corrected chi connectivity index (χ1v) is 16.8. The van der Waals surface area contributed by atoms with Gasteiger partial charge in [0.25, 0.3) is 0 Å². The van der Waals surface area contributed by atoms with Crippen molar-refractivity contribution >= 4 is 66.9 Å². The quantitative estimate of drug-likeness (QED) is 0.218. The van der Waals surface area contributed by atoms with Crippen LogP contribution in [0.3, 0.4) is 0 Å². The number of aliphatic hydroxyl groups is 1.